The Kier molecular flexibility index (Phi) is 3.29. The zero-order valence-corrected chi connectivity index (χ0v) is 12.0. The van der Waals surface area contributed by atoms with Gasteiger partial charge in [-0.05, 0) is 43.3 Å². The maximum absolute atomic E-state index is 9.91. The van der Waals surface area contributed by atoms with Gasteiger partial charge in [-0.3, -0.25) is 0 Å². The van der Waals surface area contributed by atoms with Gasteiger partial charge < -0.3 is 10.0 Å². The highest BCUT2D eigenvalue weighted by Gasteiger charge is 2.27. The highest BCUT2D eigenvalue weighted by Crippen LogP contribution is 2.37. The Hall–Kier alpha value is -1.39. The average molecular weight is 274 g/mol. The van der Waals surface area contributed by atoms with Gasteiger partial charge in [0.2, 0.25) is 0 Å². The molecule has 19 heavy (non-hydrogen) atoms. The van der Waals surface area contributed by atoms with Crippen molar-refractivity contribution in [2.24, 2.45) is 0 Å². The third kappa shape index (κ3) is 2.15. The van der Waals surface area contributed by atoms with Crippen LogP contribution in [0.4, 0.5) is 5.82 Å². The molecule has 0 amide bonds. The first-order valence-electron chi connectivity index (χ1n) is 6.64. The zero-order chi connectivity index (χ0) is 13.4. The van der Waals surface area contributed by atoms with E-state index < -0.39 is 6.10 Å². The first-order chi connectivity index (χ1) is 9.18. The standard InChI is InChI=1S/C15H18N2OS/c1-10-12-6-9-19-14(12)5-8-17(10)15-13(11(2)18)4-3-7-16-15/h3-4,6-7,9-11,18H,5,8H2,1-2H3/t10?,11-/m1/s1. The number of hydrogen-bond donors (Lipinski definition) is 1. The van der Waals surface area contributed by atoms with Gasteiger partial charge in [-0.2, -0.15) is 0 Å². The van der Waals surface area contributed by atoms with Gasteiger partial charge in [0.15, 0.2) is 0 Å². The summed E-state index contributed by atoms with van der Waals surface area (Å²) in [6.07, 6.45) is 2.38. The van der Waals surface area contributed by atoms with Crippen molar-refractivity contribution in [2.45, 2.75) is 32.4 Å². The van der Waals surface area contributed by atoms with Crippen LogP contribution in [0, 0.1) is 0 Å². The summed E-state index contributed by atoms with van der Waals surface area (Å²) >= 11 is 1.84. The second kappa shape index (κ2) is 4.94. The van der Waals surface area contributed by atoms with Crippen LogP contribution >= 0.6 is 11.3 Å². The Morgan fingerprint density at radius 2 is 2.32 bits per heavy atom. The maximum Gasteiger partial charge on any atom is 0.134 e. The Morgan fingerprint density at radius 1 is 1.47 bits per heavy atom. The molecule has 1 unspecified atom stereocenters. The molecule has 2 aromatic heterocycles. The van der Waals surface area contributed by atoms with Crippen LogP contribution in [-0.4, -0.2) is 16.6 Å². The molecule has 0 bridgehead atoms. The molecule has 0 fully saturated rings. The number of aromatic nitrogens is 1. The van der Waals surface area contributed by atoms with Crippen molar-refractivity contribution in [3.05, 3.63) is 45.8 Å². The van der Waals surface area contributed by atoms with Crippen molar-refractivity contribution >= 4 is 17.2 Å². The van der Waals surface area contributed by atoms with E-state index >= 15 is 0 Å². The van der Waals surface area contributed by atoms with Crippen LogP contribution in [0.2, 0.25) is 0 Å². The second-order valence-corrected chi connectivity index (χ2v) is 6.01. The van der Waals surface area contributed by atoms with Crippen molar-refractivity contribution in [3.63, 3.8) is 0 Å². The Balaban J connectivity index is 2.00. The third-order valence-electron chi connectivity index (χ3n) is 3.82. The number of fused-ring (bicyclic) bond motifs is 1. The highest BCUT2D eigenvalue weighted by molar-refractivity contribution is 7.10. The predicted octanol–water partition coefficient (Wildman–Crippen LogP) is 3.32. The highest BCUT2D eigenvalue weighted by atomic mass is 32.1. The third-order valence-corrected chi connectivity index (χ3v) is 4.81. The molecule has 2 aromatic rings. The summed E-state index contributed by atoms with van der Waals surface area (Å²) in [5.74, 6) is 0.918. The second-order valence-electron chi connectivity index (χ2n) is 5.01. The average Bonchev–Trinajstić information content (AvgIpc) is 2.88. The molecule has 3 heterocycles. The summed E-state index contributed by atoms with van der Waals surface area (Å²) in [6, 6.07) is 6.38. The largest absolute Gasteiger partial charge is 0.389 e. The van der Waals surface area contributed by atoms with Gasteiger partial charge in [-0.15, -0.1) is 11.3 Å². The van der Waals surface area contributed by atoms with Crippen LogP contribution in [0.1, 0.15) is 42.0 Å². The fourth-order valence-electron chi connectivity index (χ4n) is 2.77. The molecule has 0 aromatic carbocycles. The Labute approximate surface area is 117 Å². The van der Waals surface area contributed by atoms with E-state index in [4.69, 9.17) is 0 Å². The molecule has 0 aliphatic carbocycles. The molecule has 1 aliphatic heterocycles. The lowest BCUT2D eigenvalue weighted by Gasteiger charge is -2.36. The van der Waals surface area contributed by atoms with Gasteiger partial charge in [-0.25, -0.2) is 4.98 Å². The number of hydrogen-bond acceptors (Lipinski definition) is 4. The molecule has 2 atom stereocenters. The van der Waals surface area contributed by atoms with Crippen LogP contribution in [-0.2, 0) is 6.42 Å². The number of rotatable bonds is 2. The molecule has 1 N–H and O–H groups in total. The van der Waals surface area contributed by atoms with E-state index in [1.54, 1.807) is 13.1 Å². The van der Waals surface area contributed by atoms with Gasteiger partial charge in [0, 0.05) is 23.2 Å². The fourth-order valence-corrected chi connectivity index (χ4v) is 3.74. The lowest BCUT2D eigenvalue weighted by atomic mass is 10.00. The first-order valence-corrected chi connectivity index (χ1v) is 7.52. The lowest BCUT2D eigenvalue weighted by Crippen LogP contribution is -2.34. The van der Waals surface area contributed by atoms with Crippen molar-refractivity contribution in [1.82, 2.24) is 4.98 Å². The Morgan fingerprint density at radius 3 is 3.11 bits per heavy atom. The number of thiophene rings is 1. The van der Waals surface area contributed by atoms with E-state index in [1.807, 2.05) is 23.5 Å². The molecule has 0 saturated carbocycles. The maximum atomic E-state index is 9.91. The van der Waals surface area contributed by atoms with Crippen LogP contribution in [0.25, 0.3) is 0 Å². The summed E-state index contributed by atoms with van der Waals surface area (Å²) in [4.78, 5) is 8.29. The molecule has 3 rings (SSSR count). The summed E-state index contributed by atoms with van der Waals surface area (Å²) in [5, 5.41) is 12.1. The molecule has 0 radical (unpaired) electrons. The van der Waals surface area contributed by atoms with Crippen LogP contribution in [0.3, 0.4) is 0 Å². The minimum Gasteiger partial charge on any atom is -0.389 e. The van der Waals surface area contributed by atoms with Gasteiger partial charge in [0.1, 0.15) is 5.82 Å². The lowest BCUT2D eigenvalue weighted by molar-refractivity contribution is 0.199. The van der Waals surface area contributed by atoms with E-state index in [1.165, 1.54) is 10.4 Å². The minimum atomic E-state index is -0.486. The summed E-state index contributed by atoms with van der Waals surface area (Å²) in [5.41, 5.74) is 2.31. The topological polar surface area (TPSA) is 36.4 Å². The first kappa shape index (κ1) is 12.6. The summed E-state index contributed by atoms with van der Waals surface area (Å²) in [7, 11) is 0. The van der Waals surface area contributed by atoms with E-state index in [9.17, 15) is 5.11 Å². The van der Waals surface area contributed by atoms with Gasteiger partial charge in [-0.1, -0.05) is 6.07 Å². The minimum absolute atomic E-state index is 0.322. The van der Waals surface area contributed by atoms with Crippen molar-refractivity contribution in [1.29, 1.82) is 0 Å². The van der Waals surface area contributed by atoms with E-state index in [2.05, 4.69) is 28.3 Å². The van der Waals surface area contributed by atoms with Crippen LogP contribution in [0.15, 0.2) is 29.8 Å². The van der Waals surface area contributed by atoms with Gasteiger partial charge >= 0.3 is 0 Å². The number of nitrogens with zero attached hydrogens (tertiary/aromatic N) is 2. The van der Waals surface area contributed by atoms with E-state index in [0.717, 1.165) is 24.3 Å². The van der Waals surface area contributed by atoms with Crippen LogP contribution in [0.5, 0.6) is 0 Å². The molecular formula is C15H18N2OS. The van der Waals surface area contributed by atoms with Gasteiger partial charge in [0.05, 0.1) is 12.1 Å². The number of aliphatic hydroxyl groups is 1. The molecule has 100 valence electrons. The summed E-state index contributed by atoms with van der Waals surface area (Å²) < 4.78 is 0. The predicted molar refractivity (Wildman–Crippen MR) is 78.7 cm³/mol. The number of aliphatic hydroxyl groups excluding tert-OH is 1. The van der Waals surface area contributed by atoms with Crippen molar-refractivity contribution < 1.29 is 5.11 Å². The number of anilines is 1. The smallest absolute Gasteiger partial charge is 0.134 e. The summed E-state index contributed by atoms with van der Waals surface area (Å²) in [6.45, 7) is 4.97. The molecular weight excluding hydrogens is 256 g/mol. The number of pyridine rings is 1. The normalized spacial score (nSPS) is 20.2. The van der Waals surface area contributed by atoms with Crippen LogP contribution < -0.4 is 4.90 Å². The fraction of sp³-hybridized carbons (Fsp3) is 0.400. The quantitative estimate of drug-likeness (QED) is 0.912. The van der Waals surface area contributed by atoms with E-state index in [-0.39, 0.29) is 0 Å². The molecule has 4 heteroatoms. The molecule has 1 aliphatic rings. The van der Waals surface area contributed by atoms with Gasteiger partial charge in [0.25, 0.3) is 0 Å². The van der Waals surface area contributed by atoms with Crippen molar-refractivity contribution in [3.8, 4) is 0 Å². The Bertz CT molecular complexity index is 579. The van der Waals surface area contributed by atoms with Crippen molar-refractivity contribution in [2.75, 3.05) is 11.4 Å². The molecule has 0 spiro atoms. The van der Waals surface area contributed by atoms with E-state index in [0.29, 0.717) is 6.04 Å². The zero-order valence-electron chi connectivity index (χ0n) is 11.2. The molecule has 3 nitrogen and oxygen atoms in total. The SMILES string of the molecule is CC1c2ccsc2CCN1c1ncccc1[C@@H](C)O. The molecule has 0 saturated heterocycles. The monoisotopic (exact) mass is 274 g/mol.